The number of anilines is 3. The van der Waals surface area contributed by atoms with E-state index in [1.165, 1.54) is 12.4 Å². The van der Waals surface area contributed by atoms with E-state index in [1.807, 2.05) is 12.1 Å². The van der Waals surface area contributed by atoms with Crippen molar-refractivity contribution in [2.45, 2.75) is 6.92 Å². The van der Waals surface area contributed by atoms with Crippen molar-refractivity contribution in [1.82, 2.24) is 15.1 Å². The van der Waals surface area contributed by atoms with Gasteiger partial charge in [-0.1, -0.05) is 22.8 Å². The lowest BCUT2D eigenvalue weighted by Crippen LogP contribution is -2.13. The number of aromatic nitrogens is 3. The highest BCUT2D eigenvalue weighted by Gasteiger charge is 2.10. The molecule has 2 N–H and O–H groups in total. The average Bonchev–Trinajstić information content (AvgIpc) is 2.93. The summed E-state index contributed by atoms with van der Waals surface area (Å²) in [7, 11) is 0. The highest BCUT2D eigenvalue weighted by molar-refractivity contribution is 6.30. The zero-order valence-electron chi connectivity index (χ0n) is 12.1. The van der Waals surface area contributed by atoms with Crippen molar-refractivity contribution in [3.63, 3.8) is 0 Å². The minimum absolute atomic E-state index is 0.308. The fourth-order valence-corrected chi connectivity index (χ4v) is 2.01. The monoisotopic (exact) mass is 329 g/mol. The maximum absolute atomic E-state index is 12.0. The van der Waals surface area contributed by atoms with Gasteiger partial charge in [-0.05, 0) is 25.1 Å². The van der Waals surface area contributed by atoms with Gasteiger partial charge in [0.1, 0.15) is 5.76 Å². The quantitative estimate of drug-likeness (QED) is 0.761. The minimum atomic E-state index is -0.368. The SMILES string of the molecule is Cc1cc(NC(=O)c2cnc(Nc3cccc(Cl)c3)nc2)no1. The van der Waals surface area contributed by atoms with Crippen molar-refractivity contribution in [3.8, 4) is 0 Å². The topological polar surface area (TPSA) is 92.9 Å². The Hall–Kier alpha value is -2.93. The fourth-order valence-electron chi connectivity index (χ4n) is 1.82. The molecule has 3 aromatic rings. The number of carbonyl (C=O) groups is 1. The molecule has 0 spiro atoms. The van der Waals surface area contributed by atoms with E-state index in [1.54, 1.807) is 25.1 Å². The summed E-state index contributed by atoms with van der Waals surface area (Å²) in [6.07, 6.45) is 2.84. The summed E-state index contributed by atoms with van der Waals surface area (Å²) in [4.78, 5) is 20.2. The Morgan fingerprint density at radius 1 is 1.22 bits per heavy atom. The number of nitrogens with zero attached hydrogens (tertiary/aromatic N) is 3. The van der Waals surface area contributed by atoms with Crippen molar-refractivity contribution in [2.75, 3.05) is 10.6 Å². The Bertz CT molecular complexity index is 832. The summed E-state index contributed by atoms with van der Waals surface area (Å²) >= 11 is 5.91. The lowest BCUT2D eigenvalue weighted by Gasteiger charge is -2.05. The van der Waals surface area contributed by atoms with Crippen LogP contribution in [0.2, 0.25) is 5.02 Å². The smallest absolute Gasteiger partial charge is 0.260 e. The molecule has 7 nitrogen and oxygen atoms in total. The fraction of sp³-hybridized carbons (Fsp3) is 0.0667. The molecule has 3 rings (SSSR count). The van der Waals surface area contributed by atoms with Crippen molar-refractivity contribution < 1.29 is 9.32 Å². The predicted molar refractivity (Wildman–Crippen MR) is 86.0 cm³/mol. The molecule has 0 bridgehead atoms. The number of hydrogen-bond donors (Lipinski definition) is 2. The summed E-state index contributed by atoms with van der Waals surface area (Å²) < 4.78 is 4.88. The van der Waals surface area contributed by atoms with Crippen molar-refractivity contribution in [1.29, 1.82) is 0 Å². The van der Waals surface area contributed by atoms with E-state index in [2.05, 4.69) is 25.8 Å². The normalized spacial score (nSPS) is 10.3. The van der Waals surface area contributed by atoms with E-state index in [0.29, 0.717) is 28.1 Å². The molecular formula is C15H12ClN5O2. The second kappa shape index (κ2) is 6.45. The number of nitrogens with one attached hydrogen (secondary N) is 2. The third kappa shape index (κ3) is 3.83. The molecule has 0 aliphatic carbocycles. The molecule has 0 aliphatic heterocycles. The second-order valence-corrected chi connectivity index (χ2v) is 5.14. The van der Waals surface area contributed by atoms with Crippen LogP contribution in [0.15, 0.2) is 47.2 Å². The molecule has 0 saturated carbocycles. The molecule has 0 radical (unpaired) electrons. The van der Waals surface area contributed by atoms with Crippen LogP contribution >= 0.6 is 11.6 Å². The maximum Gasteiger partial charge on any atom is 0.260 e. The van der Waals surface area contributed by atoms with E-state index in [-0.39, 0.29) is 5.91 Å². The van der Waals surface area contributed by atoms with Gasteiger partial charge in [0, 0.05) is 29.2 Å². The van der Waals surface area contributed by atoms with Gasteiger partial charge in [0.2, 0.25) is 5.95 Å². The molecule has 1 aromatic carbocycles. The van der Waals surface area contributed by atoms with Crippen molar-refractivity contribution in [2.24, 2.45) is 0 Å². The van der Waals surface area contributed by atoms with Crippen LogP contribution in [0, 0.1) is 6.92 Å². The summed E-state index contributed by atoms with van der Waals surface area (Å²) in [6, 6.07) is 8.79. The van der Waals surface area contributed by atoms with E-state index in [9.17, 15) is 4.79 Å². The van der Waals surface area contributed by atoms with Gasteiger partial charge in [-0.25, -0.2) is 9.97 Å². The molecule has 0 saturated heterocycles. The number of aryl methyl sites for hydroxylation is 1. The largest absolute Gasteiger partial charge is 0.360 e. The summed E-state index contributed by atoms with van der Waals surface area (Å²) in [6.45, 7) is 1.74. The second-order valence-electron chi connectivity index (χ2n) is 4.71. The van der Waals surface area contributed by atoms with Gasteiger partial charge in [-0.3, -0.25) is 4.79 Å². The van der Waals surface area contributed by atoms with Crippen LogP contribution < -0.4 is 10.6 Å². The van der Waals surface area contributed by atoms with Gasteiger partial charge < -0.3 is 15.2 Å². The maximum atomic E-state index is 12.0. The van der Waals surface area contributed by atoms with Crippen LogP contribution in [0.5, 0.6) is 0 Å². The van der Waals surface area contributed by atoms with Crippen molar-refractivity contribution >= 4 is 35.0 Å². The molecule has 0 fully saturated rings. The van der Waals surface area contributed by atoms with Crippen LogP contribution in [0.4, 0.5) is 17.5 Å². The lowest BCUT2D eigenvalue weighted by atomic mass is 10.3. The number of carbonyl (C=O) groups excluding carboxylic acids is 1. The van der Waals surface area contributed by atoms with Crippen molar-refractivity contribution in [3.05, 3.63) is 59.1 Å². The molecule has 1 amide bonds. The molecule has 2 aromatic heterocycles. The van der Waals surface area contributed by atoms with Gasteiger partial charge >= 0.3 is 0 Å². The summed E-state index contributed by atoms with van der Waals surface area (Å²) in [5.74, 6) is 0.944. The number of benzene rings is 1. The number of hydrogen-bond acceptors (Lipinski definition) is 6. The van der Waals surface area contributed by atoms with Crippen LogP contribution in [0.25, 0.3) is 0 Å². The molecule has 0 unspecified atom stereocenters. The Labute approximate surface area is 136 Å². The average molecular weight is 330 g/mol. The van der Waals surface area contributed by atoms with Gasteiger partial charge in [0.05, 0.1) is 5.56 Å². The van der Waals surface area contributed by atoms with Crippen LogP contribution in [-0.4, -0.2) is 21.0 Å². The number of halogens is 1. The third-order valence-electron chi connectivity index (χ3n) is 2.86. The van der Waals surface area contributed by atoms with Gasteiger partial charge in [-0.15, -0.1) is 0 Å². The Kier molecular flexibility index (Phi) is 4.20. The molecule has 8 heteroatoms. The molecule has 0 aliphatic rings. The Balaban J connectivity index is 1.68. The Morgan fingerprint density at radius 3 is 2.65 bits per heavy atom. The molecular weight excluding hydrogens is 318 g/mol. The first kappa shape index (κ1) is 15.0. The summed E-state index contributed by atoms with van der Waals surface area (Å²) in [5.41, 5.74) is 1.06. The zero-order chi connectivity index (χ0) is 16.2. The van der Waals surface area contributed by atoms with E-state index < -0.39 is 0 Å². The summed E-state index contributed by atoms with van der Waals surface area (Å²) in [5, 5.41) is 9.89. The van der Waals surface area contributed by atoms with Crippen LogP contribution in [-0.2, 0) is 0 Å². The van der Waals surface area contributed by atoms with E-state index in [0.717, 1.165) is 5.69 Å². The number of rotatable bonds is 4. The van der Waals surface area contributed by atoms with E-state index in [4.69, 9.17) is 16.1 Å². The lowest BCUT2D eigenvalue weighted by molar-refractivity contribution is 0.102. The number of amides is 1. The minimum Gasteiger partial charge on any atom is -0.360 e. The highest BCUT2D eigenvalue weighted by Crippen LogP contribution is 2.17. The molecule has 2 heterocycles. The Morgan fingerprint density at radius 2 is 2.00 bits per heavy atom. The first-order valence-corrected chi connectivity index (χ1v) is 7.07. The van der Waals surface area contributed by atoms with Gasteiger partial charge in [-0.2, -0.15) is 0 Å². The zero-order valence-corrected chi connectivity index (χ0v) is 12.8. The highest BCUT2D eigenvalue weighted by atomic mass is 35.5. The molecule has 23 heavy (non-hydrogen) atoms. The molecule has 0 atom stereocenters. The van der Waals surface area contributed by atoms with Gasteiger partial charge in [0.15, 0.2) is 5.82 Å². The third-order valence-corrected chi connectivity index (χ3v) is 3.10. The first-order valence-electron chi connectivity index (χ1n) is 6.69. The molecule has 116 valence electrons. The van der Waals surface area contributed by atoms with Crippen LogP contribution in [0.3, 0.4) is 0 Å². The van der Waals surface area contributed by atoms with E-state index >= 15 is 0 Å². The van der Waals surface area contributed by atoms with Gasteiger partial charge in [0.25, 0.3) is 5.91 Å². The first-order chi connectivity index (χ1) is 11.1. The van der Waals surface area contributed by atoms with Crippen LogP contribution in [0.1, 0.15) is 16.1 Å². The predicted octanol–water partition coefficient (Wildman–Crippen LogP) is 3.42. The standard InChI is InChI=1S/C15H12ClN5O2/c1-9-5-13(21-23-9)20-14(22)10-7-17-15(18-8-10)19-12-4-2-3-11(16)6-12/h2-8H,1H3,(H,17,18,19)(H,20,21,22).